The molecule has 0 bridgehead atoms. The van der Waals surface area contributed by atoms with Crippen molar-refractivity contribution in [2.75, 3.05) is 13.1 Å². The number of furan rings is 1. The summed E-state index contributed by atoms with van der Waals surface area (Å²) in [6, 6.07) is 7.56. The van der Waals surface area contributed by atoms with E-state index in [0.717, 1.165) is 24.2 Å². The molecular weight excluding hydrogens is 306 g/mol. The predicted molar refractivity (Wildman–Crippen MR) is 87.8 cm³/mol. The first-order chi connectivity index (χ1) is 11.7. The first-order valence-electron chi connectivity index (χ1n) is 8.19. The third kappa shape index (κ3) is 4.22. The van der Waals surface area contributed by atoms with Crippen LogP contribution >= 0.6 is 0 Å². The summed E-state index contributed by atoms with van der Waals surface area (Å²) in [5.41, 5.74) is 0.977. The minimum absolute atomic E-state index is 0.0228. The van der Waals surface area contributed by atoms with E-state index in [0.29, 0.717) is 19.6 Å². The molecule has 1 aliphatic heterocycles. The monoisotopic (exact) mass is 327 g/mol. The first kappa shape index (κ1) is 16.2. The Kier molecular flexibility index (Phi) is 5.25. The van der Waals surface area contributed by atoms with Gasteiger partial charge >= 0.3 is 0 Å². The molecule has 2 amide bonds. The molecule has 0 unspecified atom stereocenters. The molecule has 126 valence electrons. The smallest absolute Gasteiger partial charge is 0.225 e. The normalized spacial score (nSPS) is 17.2. The number of rotatable bonds is 7. The van der Waals surface area contributed by atoms with E-state index in [1.165, 1.54) is 0 Å². The van der Waals surface area contributed by atoms with Crippen molar-refractivity contribution in [1.29, 1.82) is 0 Å². The first-order valence-corrected chi connectivity index (χ1v) is 8.19. The lowest BCUT2D eigenvalue weighted by Gasteiger charge is -2.16. The Balaban J connectivity index is 1.42. The highest BCUT2D eigenvalue weighted by atomic mass is 16.3. The summed E-state index contributed by atoms with van der Waals surface area (Å²) < 4.78 is 5.26. The van der Waals surface area contributed by atoms with Crippen LogP contribution in [0.25, 0.3) is 0 Å². The molecule has 2 aromatic rings. The van der Waals surface area contributed by atoms with Crippen LogP contribution in [0.3, 0.4) is 0 Å². The number of nitrogens with zero attached hydrogens (tertiary/aromatic N) is 2. The van der Waals surface area contributed by atoms with Gasteiger partial charge in [0.25, 0.3) is 0 Å². The van der Waals surface area contributed by atoms with E-state index in [1.807, 2.05) is 24.3 Å². The fraction of sp³-hybridized carbons (Fsp3) is 0.389. The largest absolute Gasteiger partial charge is 0.469 e. The lowest BCUT2D eigenvalue weighted by Crippen LogP contribution is -2.33. The Bertz CT molecular complexity index is 670. The quantitative estimate of drug-likeness (QED) is 0.787. The van der Waals surface area contributed by atoms with Crippen molar-refractivity contribution < 1.29 is 14.0 Å². The molecule has 2 aromatic heterocycles. The molecule has 1 aliphatic rings. The molecule has 6 heteroatoms. The van der Waals surface area contributed by atoms with Crippen LogP contribution in [0.15, 0.2) is 47.3 Å². The van der Waals surface area contributed by atoms with E-state index in [-0.39, 0.29) is 24.2 Å². The molecule has 3 heterocycles. The van der Waals surface area contributed by atoms with E-state index >= 15 is 0 Å². The second kappa shape index (κ2) is 7.77. The van der Waals surface area contributed by atoms with Crippen LogP contribution in [0.5, 0.6) is 0 Å². The highest BCUT2D eigenvalue weighted by Gasteiger charge is 2.33. The molecule has 1 saturated heterocycles. The number of hydrogen-bond acceptors (Lipinski definition) is 4. The number of aryl methyl sites for hydroxylation is 1. The van der Waals surface area contributed by atoms with Crippen LogP contribution in [0, 0.1) is 5.92 Å². The number of likely N-dealkylation sites (tertiary alicyclic amines) is 1. The molecule has 1 N–H and O–H groups in total. The Hall–Kier alpha value is -2.63. The summed E-state index contributed by atoms with van der Waals surface area (Å²) in [6.45, 7) is 1.57. The van der Waals surface area contributed by atoms with Gasteiger partial charge in [-0.1, -0.05) is 6.07 Å². The minimum atomic E-state index is -0.266. The number of aromatic nitrogens is 1. The van der Waals surface area contributed by atoms with Crippen LogP contribution in [0.2, 0.25) is 0 Å². The second-order valence-electron chi connectivity index (χ2n) is 6.01. The van der Waals surface area contributed by atoms with E-state index in [9.17, 15) is 9.59 Å². The van der Waals surface area contributed by atoms with Gasteiger partial charge in [0, 0.05) is 44.9 Å². The zero-order valence-electron chi connectivity index (χ0n) is 13.5. The van der Waals surface area contributed by atoms with Crippen molar-refractivity contribution in [2.45, 2.75) is 25.8 Å². The average Bonchev–Trinajstić information content (AvgIpc) is 3.23. The van der Waals surface area contributed by atoms with Crippen molar-refractivity contribution in [2.24, 2.45) is 5.92 Å². The summed E-state index contributed by atoms with van der Waals surface area (Å²) >= 11 is 0. The topological polar surface area (TPSA) is 75.4 Å². The molecule has 6 nitrogen and oxygen atoms in total. The number of amides is 2. The van der Waals surface area contributed by atoms with E-state index in [2.05, 4.69) is 10.3 Å². The highest BCUT2D eigenvalue weighted by Crippen LogP contribution is 2.20. The molecule has 1 fully saturated rings. The van der Waals surface area contributed by atoms with Gasteiger partial charge in [-0.2, -0.15) is 0 Å². The van der Waals surface area contributed by atoms with Crippen molar-refractivity contribution in [1.82, 2.24) is 15.2 Å². The summed E-state index contributed by atoms with van der Waals surface area (Å²) in [5, 5.41) is 2.92. The Morgan fingerprint density at radius 2 is 2.29 bits per heavy atom. The molecule has 24 heavy (non-hydrogen) atoms. The molecule has 0 aromatic carbocycles. The molecule has 3 rings (SSSR count). The fourth-order valence-corrected chi connectivity index (χ4v) is 2.89. The van der Waals surface area contributed by atoms with Crippen LogP contribution in [-0.2, 0) is 22.6 Å². The Labute approximate surface area is 140 Å². The molecule has 0 aliphatic carbocycles. The average molecular weight is 327 g/mol. The summed E-state index contributed by atoms with van der Waals surface area (Å²) in [4.78, 5) is 30.1. The van der Waals surface area contributed by atoms with Crippen molar-refractivity contribution >= 4 is 11.8 Å². The zero-order chi connectivity index (χ0) is 16.8. The van der Waals surface area contributed by atoms with Gasteiger partial charge in [0.15, 0.2) is 0 Å². The summed E-state index contributed by atoms with van der Waals surface area (Å²) in [5.74, 6) is 0.631. The van der Waals surface area contributed by atoms with Crippen molar-refractivity contribution in [3.05, 3.63) is 54.2 Å². The zero-order valence-corrected chi connectivity index (χ0v) is 13.5. The number of pyridine rings is 1. The van der Waals surface area contributed by atoms with Crippen molar-refractivity contribution in [3.63, 3.8) is 0 Å². The Morgan fingerprint density at radius 1 is 1.38 bits per heavy atom. The number of carbonyl (C=O) groups is 2. The SMILES string of the molecule is O=C(NCCCc1ccco1)[C@@H]1CC(=O)N(Cc2cccnc2)C1. The maximum absolute atomic E-state index is 12.2. The maximum Gasteiger partial charge on any atom is 0.225 e. The minimum Gasteiger partial charge on any atom is -0.469 e. The summed E-state index contributed by atoms with van der Waals surface area (Å²) in [6.07, 6.45) is 6.99. The number of carbonyl (C=O) groups excluding carboxylic acids is 2. The number of hydrogen-bond donors (Lipinski definition) is 1. The van der Waals surface area contributed by atoms with Gasteiger partial charge in [-0.3, -0.25) is 14.6 Å². The summed E-state index contributed by atoms with van der Waals surface area (Å²) in [7, 11) is 0. The lowest BCUT2D eigenvalue weighted by molar-refractivity contribution is -0.129. The second-order valence-corrected chi connectivity index (χ2v) is 6.01. The van der Waals surface area contributed by atoms with Gasteiger partial charge in [0.2, 0.25) is 11.8 Å². The third-order valence-electron chi connectivity index (χ3n) is 4.16. The van der Waals surface area contributed by atoms with Crippen LogP contribution < -0.4 is 5.32 Å². The van der Waals surface area contributed by atoms with Gasteiger partial charge in [-0.05, 0) is 30.2 Å². The van der Waals surface area contributed by atoms with Gasteiger partial charge < -0.3 is 14.6 Å². The van der Waals surface area contributed by atoms with Crippen LogP contribution in [-0.4, -0.2) is 34.8 Å². The van der Waals surface area contributed by atoms with Crippen molar-refractivity contribution in [3.8, 4) is 0 Å². The fourth-order valence-electron chi connectivity index (χ4n) is 2.89. The van der Waals surface area contributed by atoms with E-state index < -0.39 is 0 Å². The maximum atomic E-state index is 12.2. The molecule has 0 radical (unpaired) electrons. The molecular formula is C18H21N3O3. The molecule has 0 saturated carbocycles. The van der Waals surface area contributed by atoms with E-state index in [1.54, 1.807) is 23.6 Å². The van der Waals surface area contributed by atoms with Gasteiger partial charge in [0.05, 0.1) is 12.2 Å². The van der Waals surface area contributed by atoms with Gasteiger partial charge in [-0.25, -0.2) is 0 Å². The van der Waals surface area contributed by atoms with E-state index in [4.69, 9.17) is 4.42 Å². The third-order valence-corrected chi connectivity index (χ3v) is 4.16. The molecule has 0 spiro atoms. The lowest BCUT2D eigenvalue weighted by atomic mass is 10.1. The van der Waals surface area contributed by atoms with Crippen LogP contribution in [0.1, 0.15) is 24.2 Å². The number of nitrogens with one attached hydrogen (secondary N) is 1. The van der Waals surface area contributed by atoms with Gasteiger partial charge in [-0.15, -0.1) is 0 Å². The predicted octanol–water partition coefficient (Wildman–Crippen LogP) is 1.77. The standard InChI is InChI=1S/C18H21N3O3/c22-17-10-15(13-21(17)12-14-4-1-7-19-11-14)18(23)20-8-2-5-16-6-3-9-24-16/h1,3-4,6-7,9,11,15H,2,5,8,10,12-13H2,(H,20,23)/t15-/m1/s1. The van der Waals surface area contributed by atoms with Crippen LogP contribution in [0.4, 0.5) is 0 Å². The highest BCUT2D eigenvalue weighted by molar-refractivity contribution is 5.89. The molecule has 1 atom stereocenters. The van der Waals surface area contributed by atoms with Gasteiger partial charge in [0.1, 0.15) is 5.76 Å². The Morgan fingerprint density at radius 3 is 3.04 bits per heavy atom.